The number of hydrogen-bond acceptors (Lipinski definition) is 6. The number of aliphatic carboxylic acids is 1. The lowest BCUT2D eigenvalue weighted by atomic mass is 9.91. The van der Waals surface area contributed by atoms with Gasteiger partial charge in [-0.1, -0.05) is 0 Å². The summed E-state index contributed by atoms with van der Waals surface area (Å²) in [7, 11) is 0. The van der Waals surface area contributed by atoms with E-state index in [4.69, 9.17) is 0 Å². The minimum Gasteiger partial charge on any atom is -0.481 e. The Balaban J connectivity index is 1.47. The quantitative estimate of drug-likeness (QED) is 0.208. The molecule has 0 spiro atoms. The van der Waals surface area contributed by atoms with Gasteiger partial charge in [0.15, 0.2) is 5.78 Å². The predicted octanol–water partition coefficient (Wildman–Crippen LogP) is 4.20. The van der Waals surface area contributed by atoms with Crippen molar-refractivity contribution in [3.05, 3.63) is 86.2 Å². The fourth-order valence-corrected chi connectivity index (χ4v) is 4.80. The molecule has 38 heavy (non-hydrogen) atoms. The number of H-pyrrole nitrogens is 1. The Kier molecular flexibility index (Phi) is 6.33. The van der Waals surface area contributed by atoms with Crippen molar-refractivity contribution in [3.63, 3.8) is 0 Å². The van der Waals surface area contributed by atoms with Crippen LogP contribution < -0.4 is 10.6 Å². The molecule has 0 atom stereocenters. The Labute approximate surface area is 215 Å². The van der Waals surface area contributed by atoms with Crippen LogP contribution in [0, 0.1) is 10.1 Å². The van der Waals surface area contributed by atoms with Gasteiger partial charge in [0, 0.05) is 64.4 Å². The molecule has 192 valence electrons. The van der Waals surface area contributed by atoms with Gasteiger partial charge in [-0.25, -0.2) is 0 Å². The lowest BCUT2D eigenvalue weighted by molar-refractivity contribution is -0.384. The van der Waals surface area contributed by atoms with Crippen LogP contribution in [0.5, 0.6) is 0 Å². The number of anilines is 2. The highest BCUT2D eigenvalue weighted by Gasteiger charge is 2.29. The van der Waals surface area contributed by atoms with Gasteiger partial charge in [-0.05, 0) is 61.2 Å². The zero-order valence-electron chi connectivity index (χ0n) is 20.0. The number of nitro groups is 1. The third-order valence-corrected chi connectivity index (χ3v) is 6.60. The van der Waals surface area contributed by atoms with E-state index in [0.717, 1.165) is 5.69 Å². The number of benzene rings is 2. The van der Waals surface area contributed by atoms with E-state index in [-0.39, 0.29) is 35.8 Å². The molecule has 3 aromatic rings. The third-order valence-electron chi connectivity index (χ3n) is 6.60. The molecule has 4 N–H and O–H groups in total. The van der Waals surface area contributed by atoms with Crippen molar-refractivity contribution in [1.82, 2.24) is 4.98 Å². The van der Waals surface area contributed by atoms with Crippen molar-refractivity contribution in [2.75, 3.05) is 10.6 Å². The zero-order valence-corrected chi connectivity index (χ0v) is 20.0. The summed E-state index contributed by atoms with van der Waals surface area (Å²) in [5.41, 5.74) is 4.24. The molecule has 1 aromatic heterocycles. The monoisotopic (exact) mass is 514 g/mol. The molecule has 11 heteroatoms. The first kappa shape index (κ1) is 24.6. The second-order valence-corrected chi connectivity index (χ2v) is 9.07. The van der Waals surface area contributed by atoms with Gasteiger partial charge in [-0.2, -0.15) is 0 Å². The van der Waals surface area contributed by atoms with Crippen molar-refractivity contribution in [2.45, 2.75) is 32.1 Å². The number of carbonyl (C=O) groups excluding carboxylic acids is 3. The molecule has 0 saturated heterocycles. The van der Waals surface area contributed by atoms with Crippen LogP contribution in [0.3, 0.4) is 0 Å². The first-order valence-electron chi connectivity index (χ1n) is 11.9. The summed E-state index contributed by atoms with van der Waals surface area (Å²) in [4.78, 5) is 63.0. The Morgan fingerprint density at radius 3 is 2.58 bits per heavy atom. The number of carboxylic acids is 1. The van der Waals surface area contributed by atoms with E-state index in [1.54, 1.807) is 24.3 Å². The van der Waals surface area contributed by atoms with Crippen LogP contribution in [0.2, 0.25) is 0 Å². The predicted molar refractivity (Wildman–Crippen MR) is 138 cm³/mol. The molecule has 2 aromatic carbocycles. The number of aromatic nitrogens is 1. The molecule has 2 heterocycles. The summed E-state index contributed by atoms with van der Waals surface area (Å²) < 4.78 is 0. The van der Waals surface area contributed by atoms with E-state index in [1.807, 2.05) is 0 Å². The van der Waals surface area contributed by atoms with Crippen molar-refractivity contribution in [1.29, 1.82) is 0 Å². The SMILES string of the molecule is O=C(O)CCc1c(/C=C2\C(=O)Nc3ccc(NC(=O)c4ccc([N+](=O)[O-])cc4)cc32)[nH]c2c1C(=O)CCC2. The highest BCUT2D eigenvalue weighted by Crippen LogP contribution is 2.37. The topological polar surface area (TPSA) is 172 Å². The zero-order chi connectivity index (χ0) is 27.0. The molecule has 0 fully saturated rings. The van der Waals surface area contributed by atoms with Gasteiger partial charge >= 0.3 is 5.97 Å². The summed E-state index contributed by atoms with van der Waals surface area (Å²) in [6.07, 6.45) is 3.35. The maximum atomic E-state index is 12.9. The number of hydrogen-bond donors (Lipinski definition) is 4. The maximum absolute atomic E-state index is 12.9. The van der Waals surface area contributed by atoms with E-state index >= 15 is 0 Å². The number of nitro benzene ring substituents is 1. The average molecular weight is 514 g/mol. The number of rotatable bonds is 7. The number of ketones is 1. The fraction of sp³-hybridized carbons (Fsp3) is 0.185. The van der Waals surface area contributed by atoms with Gasteiger partial charge in [0.25, 0.3) is 17.5 Å². The van der Waals surface area contributed by atoms with E-state index in [9.17, 15) is 34.4 Å². The van der Waals surface area contributed by atoms with Crippen molar-refractivity contribution < 1.29 is 29.2 Å². The van der Waals surface area contributed by atoms with Crippen LogP contribution in [0.1, 0.15) is 62.5 Å². The lowest BCUT2D eigenvalue weighted by Crippen LogP contribution is -2.12. The molecule has 1 aliphatic heterocycles. The minimum absolute atomic E-state index is 0.0416. The summed E-state index contributed by atoms with van der Waals surface area (Å²) in [6, 6.07) is 10.1. The smallest absolute Gasteiger partial charge is 0.303 e. The van der Waals surface area contributed by atoms with E-state index in [1.165, 1.54) is 24.3 Å². The number of Topliss-reactive ketones (excluding diaryl/α,β-unsaturated/α-hetero) is 1. The Morgan fingerprint density at radius 2 is 1.87 bits per heavy atom. The molecular formula is C27H22N4O7. The number of carbonyl (C=O) groups is 4. The molecule has 2 amide bonds. The highest BCUT2D eigenvalue weighted by molar-refractivity contribution is 6.35. The molecule has 5 rings (SSSR count). The molecule has 2 aliphatic rings. The number of non-ortho nitro benzene ring substituents is 1. The van der Waals surface area contributed by atoms with Crippen molar-refractivity contribution >= 4 is 52.3 Å². The molecule has 11 nitrogen and oxygen atoms in total. The van der Waals surface area contributed by atoms with Gasteiger partial charge in [0.1, 0.15) is 0 Å². The highest BCUT2D eigenvalue weighted by atomic mass is 16.6. The van der Waals surface area contributed by atoms with Crippen LogP contribution >= 0.6 is 0 Å². The van der Waals surface area contributed by atoms with Gasteiger partial charge in [0.05, 0.1) is 10.5 Å². The second kappa shape index (κ2) is 9.77. The van der Waals surface area contributed by atoms with Crippen LogP contribution in [-0.4, -0.2) is 38.6 Å². The number of amides is 2. The number of fused-ring (bicyclic) bond motifs is 2. The molecule has 0 radical (unpaired) electrons. The van der Waals surface area contributed by atoms with E-state index < -0.39 is 16.8 Å². The van der Waals surface area contributed by atoms with Gasteiger partial charge in [0.2, 0.25) is 0 Å². The molecule has 0 bridgehead atoms. The Hall–Kier alpha value is -5.06. The van der Waals surface area contributed by atoms with Gasteiger partial charge in [-0.15, -0.1) is 0 Å². The average Bonchev–Trinajstić information content (AvgIpc) is 3.40. The molecular weight excluding hydrogens is 492 g/mol. The summed E-state index contributed by atoms with van der Waals surface area (Å²) in [5, 5.41) is 25.6. The Bertz CT molecular complexity index is 1550. The second-order valence-electron chi connectivity index (χ2n) is 9.07. The number of aromatic amines is 1. The molecule has 0 saturated carbocycles. The largest absolute Gasteiger partial charge is 0.481 e. The third kappa shape index (κ3) is 4.69. The molecule has 1 aliphatic carbocycles. The molecule has 0 unspecified atom stereocenters. The summed E-state index contributed by atoms with van der Waals surface area (Å²) >= 11 is 0. The van der Waals surface area contributed by atoms with Crippen molar-refractivity contribution in [2.24, 2.45) is 0 Å². The van der Waals surface area contributed by atoms with E-state index in [0.29, 0.717) is 58.6 Å². The normalized spacial score (nSPS) is 15.1. The number of nitrogens with zero attached hydrogens (tertiary/aromatic N) is 1. The lowest BCUT2D eigenvalue weighted by Gasteiger charge is -2.11. The Morgan fingerprint density at radius 1 is 1.11 bits per heavy atom. The van der Waals surface area contributed by atoms with Gasteiger partial charge in [-0.3, -0.25) is 29.3 Å². The van der Waals surface area contributed by atoms with Crippen molar-refractivity contribution in [3.8, 4) is 0 Å². The first-order valence-corrected chi connectivity index (χ1v) is 11.9. The minimum atomic E-state index is -0.987. The van der Waals surface area contributed by atoms with Gasteiger partial charge < -0.3 is 20.7 Å². The standard InChI is InChI=1S/C27H22N4O7/c32-23-3-1-2-21-25(23)17(9-11-24(33)34)22(29-21)13-19-18-12-15(6-10-20(18)30-27(19)36)28-26(35)14-4-7-16(8-5-14)31(37)38/h4-8,10,12-13,29H,1-3,9,11H2,(H,28,35)(H,30,36)(H,33,34)/b19-13-. The van der Waals surface area contributed by atoms with Crippen LogP contribution in [0.4, 0.5) is 17.1 Å². The van der Waals surface area contributed by atoms with E-state index in [2.05, 4.69) is 15.6 Å². The van der Waals surface area contributed by atoms with Crippen LogP contribution in [-0.2, 0) is 22.4 Å². The maximum Gasteiger partial charge on any atom is 0.303 e. The first-order chi connectivity index (χ1) is 18.2. The summed E-state index contributed by atoms with van der Waals surface area (Å²) in [5.74, 6) is -1.88. The number of nitrogens with one attached hydrogen (secondary N) is 3. The number of aryl methyl sites for hydroxylation is 1. The van der Waals surface area contributed by atoms with Crippen LogP contribution in [0.25, 0.3) is 11.6 Å². The fourth-order valence-electron chi connectivity index (χ4n) is 4.80. The number of carboxylic acid groups (broad SMARTS) is 1. The van der Waals surface area contributed by atoms with Crippen LogP contribution in [0.15, 0.2) is 42.5 Å². The summed E-state index contributed by atoms with van der Waals surface area (Å²) in [6.45, 7) is 0.